The molecule has 0 saturated heterocycles. The van der Waals surface area contributed by atoms with Crippen LogP contribution in [0, 0.1) is 5.92 Å². The van der Waals surface area contributed by atoms with Gasteiger partial charge in [-0.15, -0.1) is 0 Å². The SMILES string of the molecule is COC[C@H](C)NC(=S)N/N=C(/C)c1ccc(OCC(C)C)cc1. The Balaban J connectivity index is 2.52. The third-order valence-corrected chi connectivity index (χ3v) is 3.18. The van der Waals surface area contributed by atoms with Gasteiger partial charge in [-0.2, -0.15) is 5.10 Å². The zero-order valence-electron chi connectivity index (χ0n) is 14.6. The summed E-state index contributed by atoms with van der Waals surface area (Å²) in [5, 5.41) is 7.86. The topological polar surface area (TPSA) is 54.9 Å². The molecule has 0 aromatic heterocycles. The molecule has 6 heteroatoms. The summed E-state index contributed by atoms with van der Waals surface area (Å²) in [5.41, 5.74) is 4.71. The molecular formula is C17H27N3O2S. The van der Waals surface area contributed by atoms with E-state index < -0.39 is 0 Å². The fraction of sp³-hybridized carbons (Fsp3) is 0.529. The second kappa shape index (κ2) is 10.2. The fourth-order valence-corrected chi connectivity index (χ4v) is 2.05. The predicted molar refractivity (Wildman–Crippen MR) is 99.2 cm³/mol. The number of hydrazone groups is 1. The number of nitrogens with zero attached hydrogens (tertiary/aromatic N) is 1. The van der Waals surface area contributed by atoms with Gasteiger partial charge in [0, 0.05) is 13.2 Å². The van der Waals surface area contributed by atoms with E-state index >= 15 is 0 Å². The van der Waals surface area contributed by atoms with Gasteiger partial charge >= 0.3 is 0 Å². The monoisotopic (exact) mass is 337 g/mol. The highest BCUT2D eigenvalue weighted by Gasteiger charge is 2.04. The first-order chi connectivity index (χ1) is 10.9. The van der Waals surface area contributed by atoms with Gasteiger partial charge in [0.05, 0.1) is 18.9 Å². The van der Waals surface area contributed by atoms with Crippen LogP contribution in [0.15, 0.2) is 29.4 Å². The van der Waals surface area contributed by atoms with Crippen molar-refractivity contribution in [1.29, 1.82) is 0 Å². The molecule has 0 radical (unpaired) electrons. The van der Waals surface area contributed by atoms with E-state index in [0.717, 1.165) is 17.0 Å². The number of benzene rings is 1. The van der Waals surface area contributed by atoms with E-state index in [4.69, 9.17) is 21.7 Å². The third-order valence-electron chi connectivity index (χ3n) is 2.97. The maximum atomic E-state index is 5.67. The lowest BCUT2D eigenvalue weighted by molar-refractivity contribution is 0.179. The number of hydrogen-bond acceptors (Lipinski definition) is 4. The molecule has 0 aliphatic carbocycles. The summed E-state index contributed by atoms with van der Waals surface area (Å²) in [5.74, 6) is 1.38. The molecule has 0 fully saturated rings. The fourth-order valence-electron chi connectivity index (χ4n) is 1.80. The highest BCUT2D eigenvalue weighted by Crippen LogP contribution is 2.13. The molecule has 128 valence electrons. The van der Waals surface area contributed by atoms with Crippen molar-refractivity contribution in [2.45, 2.75) is 33.7 Å². The molecule has 23 heavy (non-hydrogen) atoms. The average molecular weight is 337 g/mol. The lowest BCUT2D eigenvalue weighted by Crippen LogP contribution is -2.40. The van der Waals surface area contributed by atoms with Gasteiger partial charge in [0.25, 0.3) is 0 Å². The summed E-state index contributed by atoms with van der Waals surface area (Å²) >= 11 is 5.19. The van der Waals surface area contributed by atoms with Crippen molar-refractivity contribution in [3.8, 4) is 5.75 Å². The van der Waals surface area contributed by atoms with E-state index in [1.165, 1.54) is 0 Å². The number of rotatable bonds is 8. The van der Waals surface area contributed by atoms with Crippen LogP contribution in [0.3, 0.4) is 0 Å². The quantitative estimate of drug-likeness (QED) is 0.434. The summed E-state index contributed by atoms with van der Waals surface area (Å²) in [6, 6.07) is 8.01. The second-order valence-electron chi connectivity index (χ2n) is 5.87. The summed E-state index contributed by atoms with van der Waals surface area (Å²) in [7, 11) is 1.66. The Morgan fingerprint density at radius 1 is 1.17 bits per heavy atom. The van der Waals surface area contributed by atoms with Gasteiger partial charge in [-0.1, -0.05) is 13.8 Å². The molecule has 1 aromatic rings. The first-order valence-electron chi connectivity index (χ1n) is 7.75. The van der Waals surface area contributed by atoms with Gasteiger partial charge in [-0.25, -0.2) is 0 Å². The molecule has 0 aliphatic rings. The van der Waals surface area contributed by atoms with Gasteiger partial charge in [-0.3, -0.25) is 5.43 Å². The molecule has 0 unspecified atom stereocenters. The number of nitrogens with one attached hydrogen (secondary N) is 2. The normalized spacial score (nSPS) is 12.9. The van der Waals surface area contributed by atoms with Crippen LogP contribution in [0.2, 0.25) is 0 Å². The van der Waals surface area contributed by atoms with Crippen molar-refractivity contribution in [2.24, 2.45) is 11.0 Å². The summed E-state index contributed by atoms with van der Waals surface area (Å²) in [4.78, 5) is 0. The molecular weight excluding hydrogens is 310 g/mol. The molecule has 5 nitrogen and oxygen atoms in total. The first kappa shape index (κ1) is 19.4. The Morgan fingerprint density at radius 2 is 1.83 bits per heavy atom. The molecule has 1 atom stereocenters. The number of hydrogen-bond donors (Lipinski definition) is 2. The number of methoxy groups -OCH3 is 1. The van der Waals surface area contributed by atoms with E-state index in [-0.39, 0.29) is 6.04 Å². The van der Waals surface area contributed by atoms with Gasteiger partial charge in [0.2, 0.25) is 0 Å². The van der Waals surface area contributed by atoms with E-state index in [1.807, 2.05) is 38.1 Å². The molecule has 0 aliphatic heterocycles. The smallest absolute Gasteiger partial charge is 0.187 e. The predicted octanol–water partition coefficient (Wildman–Crippen LogP) is 2.94. The van der Waals surface area contributed by atoms with Crippen molar-refractivity contribution in [3.05, 3.63) is 29.8 Å². The Morgan fingerprint density at radius 3 is 2.39 bits per heavy atom. The summed E-state index contributed by atoms with van der Waals surface area (Å²) < 4.78 is 10.7. The van der Waals surface area contributed by atoms with Crippen LogP contribution in [-0.4, -0.2) is 37.2 Å². The van der Waals surface area contributed by atoms with Crippen LogP contribution in [0.25, 0.3) is 0 Å². The van der Waals surface area contributed by atoms with Crippen LogP contribution in [0.1, 0.15) is 33.3 Å². The van der Waals surface area contributed by atoms with E-state index in [0.29, 0.717) is 24.2 Å². The molecule has 0 heterocycles. The van der Waals surface area contributed by atoms with Crippen LogP contribution in [0.5, 0.6) is 5.75 Å². The van der Waals surface area contributed by atoms with E-state index in [9.17, 15) is 0 Å². The van der Waals surface area contributed by atoms with Crippen LogP contribution >= 0.6 is 12.2 Å². The maximum absolute atomic E-state index is 5.67. The lowest BCUT2D eigenvalue weighted by Gasteiger charge is -2.14. The first-order valence-corrected chi connectivity index (χ1v) is 8.16. The minimum atomic E-state index is 0.132. The summed E-state index contributed by atoms with van der Waals surface area (Å²) in [6.07, 6.45) is 0. The van der Waals surface area contributed by atoms with Gasteiger partial charge in [-0.05, 0) is 61.8 Å². The Labute approximate surface area is 144 Å². The van der Waals surface area contributed by atoms with Crippen molar-refractivity contribution in [1.82, 2.24) is 10.7 Å². The maximum Gasteiger partial charge on any atom is 0.187 e. The van der Waals surface area contributed by atoms with E-state index in [1.54, 1.807) is 7.11 Å². The Hall–Kier alpha value is -1.66. The molecule has 1 aromatic carbocycles. The van der Waals surface area contributed by atoms with Crippen molar-refractivity contribution >= 4 is 23.0 Å². The molecule has 0 spiro atoms. The Kier molecular flexibility index (Phi) is 8.58. The highest BCUT2D eigenvalue weighted by molar-refractivity contribution is 7.80. The average Bonchev–Trinajstić information content (AvgIpc) is 2.51. The number of ether oxygens (including phenoxy) is 2. The molecule has 0 amide bonds. The van der Waals surface area contributed by atoms with Crippen LogP contribution in [-0.2, 0) is 4.74 Å². The van der Waals surface area contributed by atoms with Gasteiger partial charge in [0.15, 0.2) is 5.11 Å². The van der Waals surface area contributed by atoms with Crippen molar-refractivity contribution in [2.75, 3.05) is 20.3 Å². The molecule has 0 saturated carbocycles. The molecule has 2 N–H and O–H groups in total. The van der Waals surface area contributed by atoms with Crippen LogP contribution in [0.4, 0.5) is 0 Å². The molecule has 0 bridgehead atoms. The zero-order chi connectivity index (χ0) is 17.2. The molecule has 1 rings (SSSR count). The van der Waals surface area contributed by atoms with Crippen molar-refractivity contribution in [3.63, 3.8) is 0 Å². The standard InChI is InChI=1S/C17H27N3O2S/c1-12(2)10-22-16-8-6-15(7-9-16)14(4)19-20-17(23)18-13(3)11-21-5/h6-9,12-13H,10-11H2,1-5H3,(H2,18,20,23)/b19-14-/t13-/m0/s1. The van der Waals surface area contributed by atoms with E-state index in [2.05, 4.69) is 29.7 Å². The van der Waals surface area contributed by atoms with Gasteiger partial charge in [0.1, 0.15) is 5.75 Å². The third kappa shape index (κ3) is 7.95. The highest BCUT2D eigenvalue weighted by atomic mass is 32.1. The minimum absolute atomic E-state index is 0.132. The number of thiocarbonyl (C=S) groups is 1. The van der Waals surface area contributed by atoms with Gasteiger partial charge < -0.3 is 14.8 Å². The largest absolute Gasteiger partial charge is 0.493 e. The lowest BCUT2D eigenvalue weighted by atomic mass is 10.1. The second-order valence-corrected chi connectivity index (χ2v) is 6.28. The Bertz CT molecular complexity index is 515. The zero-order valence-corrected chi connectivity index (χ0v) is 15.4. The minimum Gasteiger partial charge on any atom is -0.493 e. The van der Waals surface area contributed by atoms with Crippen LogP contribution < -0.4 is 15.5 Å². The summed E-state index contributed by atoms with van der Waals surface area (Å²) in [6.45, 7) is 9.47. The van der Waals surface area contributed by atoms with Crippen molar-refractivity contribution < 1.29 is 9.47 Å².